The van der Waals surface area contributed by atoms with Gasteiger partial charge in [0.1, 0.15) is 5.75 Å². The molecule has 0 aromatic heterocycles. The lowest BCUT2D eigenvalue weighted by molar-refractivity contribution is -0.126. The average molecular weight is 449 g/mol. The van der Waals surface area contributed by atoms with Gasteiger partial charge >= 0.3 is 0 Å². The van der Waals surface area contributed by atoms with Crippen molar-refractivity contribution in [2.24, 2.45) is 5.92 Å². The highest BCUT2D eigenvalue weighted by Crippen LogP contribution is 2.28. The fraction of sp³-hybridized carbons (Fsp3) is 0.409. The molecule has 9 heteroatoms. The number of hydrogen-bond donors (Lipinski definition) is 1. The lowest BCUT2D eigenvalue weighted by Crippen LogP contribution is -2.45. The molecule has 1 N–H and O–H groups in total. The first kappa shape index (κ1) is 22.9. The van der Waals surface area contributed by atoms with Gasteiger partial charge in [0.2, 0.25) is 15.9 Å². The Labute approximate surface area is 183 Å². The molecule has 8 nitrogen and oxygen atoms in total. The van der Waals surface area contributed by atoms with Gasteiger partial charge in [-0.2, -0.15) is 4.31 Å². The van der Waals surface area contributed by atoms with Gasteiger partial charge in [0.25, 0.3) is 0 Å². The molecule has 0 spiro atoms. The lowest BCUT2D eigenvalue weighted by Gasteiger charge is -2.31. The minimum absolute atomic E-state index is 0.159. The van der Waals surface area contributed by atoms with E-state index in [9.17, 15) is 13.2 Å². The van der Waals surface area contributed by atoms with E-state index in [-0.39, 0.29) is 17.3 Å². The molecule has 1 atom stereocenters. The summed E-state index contributed by atoms with van der Waals surface area (Å²) in [6.07, 6.45) is 1.27. The number of ether oxygens (including phenoxy) is 3. The van der Waals surface area contributed by atoms with Crippen LogP contribution in [0.2, 0.25) is 0 Å². The van der Waals surface area contributed by atoms with Crippen molar-refractivity contribution < 1.29 is 27.4 Å². The highest BCUT2D eigenvalue weighted by molar-refractivity contribution is 7.89. The van der Waals surface area contributed by atoms with Crippen molar-refractivity contribution in [2.45, 2.75) is 24.3 Å². The maximum atomic E-state index is 13.0. The minimum Gasteiger partial charge on any atom is -0.497 e. The first-order valence-corrected chi connectivity index (χ1v) is 11.5. The Balaban J connectivity index is 1.63. The standard InChI is InChI=1S/C22H28N2O6S/c1-28-18-7-9-19(10-8-18)31(26,27)24-12-4-5-17(15-24)22(25)23-14-16-6-11-20(29-2)21(13-16)30-3/h6-11,13,17H,4-5,12,14-15H2,1-3H3,(H,23,25)/t17-/m0/s1. The van der Waals surface area contributed by atoms with Crippen molar-refractivity contribution >= 4 is 15.9 Å². The number of carbonyl (C=O) groups is 1. The molecule has 0 radical (unpaired) electrons. The van der Waals surface area contributed by atoms with Gasteiger partial charge in [-0.25, -0.2) is 8.42 Å². The molecule has 1 saturated heterocycles. The summed E-state index contributed by atoms with van der Waals surface area (Å²) >= 11 is 0. The largest absolute Gasteiger partial charge is 0.497 e. The number of amides is 1. The second-order valence-corrected chi connectivity index (χ2v) is 9.22. The molecule has 1 heterocycles. The third kappa shape index (κ3) is 5.29. The number of nitrogens with one attached hydrogen (secondary N) is 1. The molecule has 3 rings (SSSR count). The molecular formula is C22H28N2O6S. The summed E-state index contributed by atoms with van der Waals surface area (Å²) < 4.78 is 43.0. The summed E-state index contributed by atoms with van der Waals surface area (Å²) in [6, 6.07) is 11.7. The van der Waals surface area contributed by atoms with Crippen LogP contribution >= 0.6 is 0 Å². The van der Waals surface area contributed by atoms with Crippen LogP contribution in [0.5, 0.6) is 17.2 Å². The smallest absolute Gasteiger partial charge is 0.243 e. The molecule has 2 aromatic rings. The van der Waals surface area contributed by atoms with Gasteiger partial charge in [-0.1, -0.05) is 6.07 Å². The summed E-state index contributed by atoms with van der Waals surface area (Å²) in [5.41, 5.74) is 0.865. The second kappa shape index (κ2) is 10.0. The maximum Gasteiger partial charge on any atom is 0.243 e. The monoisotopic (exact) mass is 448 g/mol. The molecule has 2 aromatic carbocycles. The fourth-order valence-corrected chi connectivity index (χ4v) is 5.12. The number of hydrogen-bond acceptors (Lipinski definition) is 6. The van der Waals surface area contributed by atoms with Gasteiger partial charge in [-0.3, -0.25) is 4.79 Å². The van der Waals surface area contributed by atoms with Crippen LogP contribution in [0.1, 0.15) is 18.4 Å². The van der Waals surface area contributed by atoms with Crippen molar-refractivity contribution in [1.29, 1.82) is 0 Å². The van der Waals surface area contributed by atoms with Crippen molar-refractivity contribution in [3.05, 3.63) is 48.0 Å². The third-order valence-corrected chi connectivity index (χ3v) is 7.25. The summed E-state index contributed by atoms with van der Waals surface area (Å²) in [4.78, 5) is 12.9. The third-order valence-electron chi connectivity index (χ3n) is 5.37. The Morgan fingerprint density at radius 1 is 1.03 bits per heavy atom. The molecule has 1 amide bonds. The number of methoxy groups -OCH3 is 3. The van der Waals surface area contributed by atoms with Crippen molar-refractivity contribution in [1.82, 2.24) is 9.62 Å². The van der Waals surface area contributed by atoms with Gasteiger partial charge in [-0.15, -0.1) is 0 Å². The van der Waals surface area contributed by atoms with E-state index in [2.05, 4.69) is 5.32 Å². The lowest BCUT2D eigenvalue weighted by atomic mass is 9.98. The summed E-state index contributed by atoms with van der Waals surface area (Å²) in [5, 5.41) is 2.91. The van der Waals surface area contributed by atoms with Gasteiger partial charge in [0, 0.05) is 19.6 Å². The molecule has 0 saturated carbocycles. The molecular weight excluding hydrogens is 420 g/mol. The Morgan fingerprint density at radius 3 is 2.39 bits per heavy atom. The van der Waals surface area contributed by atoms with Crippen LogP contribution in [0.25, 0.3) is 0 Å². The van der Waals surface area contributed by atoms with Gasteiger partial charge in [-0.05, 0) is 54.8 Å². The van der Waals surface area contributed by atoms with E-state index in [1.165, 1.54) is 23.5 Å². The molecule has 1 aliphatic rings. The van der Waals surface area contributed by atoms with E-state index >= 15 is 0 Å². The maximum absolute atomic E-state index is 13.0. The molecule has 0 aliphatic carbocycles. The molecule has 1 aliphatic heterocycles. The van der Waals surface area contributed by atoms with E-state index in [0.717, 1.165) is 5.56 Å². The number of piperidine rings is 1. The van der Waals surface area contributed by atoms with Crippen LogP contribution in [0.4, 0.5) is 0 Å². The number of nitrogens with zero attached hydrogens (tertiary/aromatic N) is 1. The number of carbonyl (C=O) groups excluding carboxylic acids is 1. The first-order chi connectivity index (χ1) is 14.9. The topological polar surface area (TPSA) is 94.2 Å². The SMILES string of the molecule is COc1ccc(S(=O)(=O)N2CCC[C@H](C(=O)NCc3ccc(OC)c(OC)c3)C2)cc1. The first-order valence-electron chi connectivity index (χ1n) is 10.0. The Kier molecular flexibility index (Phi) is 7.40. The predicted molar refractivity (Wildman–Crippen MR) is 116 cm³/mol. The summed E-state index contributed by atoms with van der Waals surface area (Å²) in [6.45, 7) is 0.876. The normalized spacial score (nSPS) is 17.1. The van der Waals surface area contributed by atoms with Crippen molar-refractivity contribution in [3.8, 4) is 17.2 Å². The van der Waals surface area contributed by atoms with Crippen LogP contribution in [0.15, 0.2) is 47.4 Å². The van der Waals surface area contributed by atoms with Crippen LogP contribution in [-0.2, 0) is 21.4 Å². The Hall–Kier alpha value is -2.78. The van der Waals surface area contributed by atoms with E-state index in [1.54, 1.807) is 38.5 Å². The zero-order valence-electron chi connectivity index (χ0n) is 18.0. The van der Waals surface area contributed by atoms with Crippen molar-refractivity contribution in [2.75, 3.05) is 34.4 Å². The summed E-state index contributed by atoms with van der Waals surface area (Å²) in [5.74, 6) is 1.23. The molecule has 1 fully saturated rings. The molecule has 31 heavy (non-hydrogen) atoms. The van der Waals surface area contributed by atoms with Crippen molar-refractivity contribution in [3.63, 3.8) is 0 Å². The van der Waals surface area contributed by atoms with E-state index in [0.29, 0.717) is 43.2 Å². The van der Waals surface area contributed by atoms with E-state index in [4.69, 9.17) is 14.2 Å². The van der Waals surface area contributed by atoms with E-state index in [1.807, 2.05) is 6.07 Å². The van der Waals surface area contributed by atoms with Gasteiger partial charge in [0.05, 0.1) is 32.1 Å². The van der Waals surface area contributed by atoms with Crippen LogP contribution in [-0.4, -0.2) is 53.0 Å². The zero-order chi connectivity index (χ0) is 22.4. The highest BCUT2D eigenvalue weighted by atomic mass is 32.2. The molecule has 168 valence electrons. The predicted octanol–water partition coefficient (Wildman–Crippen LogP) is 2.43. The Bertz CT molecular complexity index is 1010. The number of rotatable bonds is 8. The fourth-order valence-electron chi connectivity index (χ4n) is 3.60. The second-order valence-electron chi connectivity index (χ2n) is 7.28. The highest BCUT2D eigenvalue weighted by Gasteiger charge is 2.33. The van der Waals surface area contributed by atoms with E-state index < -0.39 is 15.9 Å². The summed E-state index contributed by atoms with van der Waals surface area (Å²) in [7, 11) is 0.976. The van der Waals surface area contributed by atoms with Crippen LogP contribution in [0, 0.1) is 5.92 Å². The number of benzene rings is 2. The Morgan fingerprint density at radius 2 is 1.74 bits per heavy atom. The van der Waals surface area contributed by atoms with Gasteiger partial charge < -0.3 is 19.5 Å². The molecule has 0 bridgehead atoms. The number of sulfonamides is 1. The van der Waals surface area contributed by atoms with Crippen LogP contribution in [0.3, 0.4) is 0 Å². The quantitative estimate of drug-likeness (QED) is 0.667. The molecule has 0 unspecified atom stereocenters. The van der Waals surface area contributed by atoms with Crippen LogP contribution < -0.4 is 19.5 Å². The average Bonchev–Trinajstić information content (AvgIpc) is 2.82. The zero-order valence-corrected chi connectivity index (χ0v) is 18.8. The minimum atomic E-state index is -3.67. The van der Waals surface area contributed by atoms with Gasteiger partial charge in [0.15, 0.2) is 11.5 Å².